The lowest BCUT2D eigenvalue weighted by Gasteiger charge is -2.35. The molecule has 0 bridgehead atoms. The molecule has 1 aliphatic rings. The van der Waals surface area contributed by atoms with Crippen LogP contribution in [0.3, 0.4) is 0 Å². The Labute approximate surface area is 116 Å². The number of carboxylic acids is 1. The van der Waals surface area contributed by atoms with Crippen LogP contribution in [0, 0.1) is 12.3 Å². The minimum absolute atomic E-state index is 0.180. The minimum Gasteiger partial charge on any atom is -0.481 e. The highest BCUT2D eigenvalue weighted by molar-refractivity contribution is 5.91. The number of aliphatic carboxylic acids is 1. The normalized spacial score (nSPS) is 18.7. The SMILES string of the molecule is Cc1cc(NC(=O)CN2CCC(C)(C(=O)O)CC2)on1. The number of amides is 1. The van der Waals surface area contributed by atoms with E-state index in [2.05, 4.69) is 10.5 Å². The number of likely N-dealkylation sites (tertiary alicyclic amines) is 1. The van der Waals surface area contributed by atoms with E-state index in [-0.39, 0.29) is 12.5 Å². The molecule has 0 spiro atoms. The van der Waals surface area contributed by atoms with Gasteiger partial charge in [-0.25, -0.2) is 0 Å². The fourth-order valence-electron chi connectivity index (χ4n) is 2.22. The molecule has 0 aromatic carbocycles. The largest absolute Gasteiger partial charge is 0.481 e. The van der Waals surface area contributed by atoms with E-state index in [0.717, 1.165) is 0 Å². The molecule has 0 unspecified atom stereocenters. The molecule has 7 nitrogen and oxygen atoms in total. The van der Waals surface area contributed by atoms with Gasteiger partial charge in [0, 0.05) is 6.07 Å². The summed E-state index contributed by atoms with van der Waals surface area (Å²) >= 11 is 0. The van der Waals surface area contributed by atoms with Crippen LogP contribution >= 0.6 is 0 Å². The number of nitrogens with one attached hydrogen (secondary N) is 1. The Morgan fingerprint density at radius 2 is 2.15 bits per heavy atom. The van der Waals surface area contributed by atoms with Crippen LogP contribution in [0.25, 0.3) is 0 Å². The third-order valence-electron chi connectivity index (χ3n) is 3.73. The molecule has 20 heavy (non-hydrogen) atoms. The topological polar surface area (TPSA) is 95.7 Å². The Morgan fingerprint density at radius 3 is 2.65 bits per heavy atom. The monoisotopic (exact) mass is 281 g/mol. The number of carbonyl (C=O) groups is 2. The van der Waals surface area contributed by atoms with E-state index in [9.17, 15) is 9.59 Å². The molecule has 110 valence electrons. The van der Waals surface area contributed by atoms with Crippen LogP contribution in [0.2, 0.25) is 0 Å². The molecule has 0 radical (unpaired) electrons. The zero-order valence-corrected chi connectivity index (χ0v) is 11.7. The summed E-state index contributed by atoms with van der Waals surface area (Å²) in [6.07, 6.45) is 1.11. The van der Waals surface area contributed by atoms with Gasteiger partial charge < -0.3 is 9.63 Å². The summed E-state index contributed by atoms with van der Waals surface area (Å²) in [5.74, 6) is -0.612. The van der Waals surface area contributed by atoms with Gasteiger partial charge in [0.1, 0.15) is 0 Å². The molecule has 1 fully saturated rings. The smallest absolute Gasteiger partial charge is 0.309 e. The number of aromatic nitrogens is 1. The van der Waals surface area contributed by atoms with Gasteiger partial charge in [0.05, 0.1) is 17.7 Å². The second-order valence-electron chi connectivity index (χ2n) is 5.52. The molecule has 1 amide bonds. The van der Waals surface area contributed by atoms with E-state index in [4.69, 9.17) is 9.63 Å². The highest BCUT2D eigenvalue weighted by Crippen LogP contribution is 2.30. The van der Waals surface area contributed by atoms with E-state index in [1.54, 1.807) is 19.9 Å². The maximum atomic E-state index is 11.8. The van der Waals surface area contributed by atoms with Gasteiger partial charge in [-0.05, 0) is 39.8 Å². The van der Waals surface area contributed by atoms with Crippen molar-refractivity contribution < 1.29 is 19.2 Å². The maximum Gasteiger partial charge on any atom is 0.309 e. The Hall–Kier alpha value is -1.89. The number of rotatable bonds is 4. The van der Waals surface area contributed by atoms with Crippen molar-refractivity contribution in [1.29, 1.82) is 0 Å². The zero-order valence-electron chi connectivity index (χ0n) is 11.7. The van der Waals surface area contributed by atoms with Crippen molar-refractivity contribution in [3.63, 3.8) is 0 Å². The molecule has 1 aliphatic heterocycles. The fourth-order valence-corrected chi connectivity index (χ4v) is 2.22. The Kier molecular flexibility index (Phi) is 4.08. The summed E-state index contributed by atoms with van der Waals surface area (Å²) in [5, 5.41) is 15.5. The molecule has 1 aromatic heterocycles. The van der Waals surface area contributed by atoms with Crippen molar-refractivity contribution in [1.82, 2.24) is 10.1 Å². The molecular formula is C13H19N3O4. The molecule has 1 aromatic rings. The highest BCUT2D eigenvalue weighted by atomic mass is 16.5. The van der Waals surface area contributed by atoms with Gasteiger partial charge in [0.25, 0.3) is 0 Å². The standard InChI is InChI=1S/C13H19N3O4/c1-9-7-11(20-15-9)14-10(17)8-16-5-3-13(2,4-6-16)12(18)19/h7H,3-6,8H2,1-2H3,(H,14,17)(H,18,19). The van der Waals surface area contributed by atoms with E-state index in [1.165, 1.54) is 0 Å². The molecule has 2 N–H and O–H groups in total. The van der Waals surface area contributed by atoms with Gasteiger partial charge in [-0.3, -0.25) is 19.8 Å². The summed E-state index contributed by atoms with van der Waals surface area (Å²) < 4.78 is 4.91. The second-order valence-corrected chi connectivity index (χ2v) is 5.52. The number of hydrogen-bond donors (Lipinski definition) is 2. The van der Waals surface area contributed by atoms with Crippen molar-refractivity contribution in [2.24, 2.45) is 5.41 Å². The number of carbonyl (C=O) groups excluding carboxylic acids is 1. The van der Waals surface area contributed by atoms with Crippen molar-refractivity contribution in [2.75, 3.05) is 25.0 Å². The van der Waals surface area contributed by atoms with Gasteiger partial charge in [-0.1, -0.05) is 5.16 Å². The van der Waals surface area contributed by atoms with Gasteiger partial charge in [-0.2, -0.15) is 0 Å². The fraction of sp³-hybridized carbons (Fsp3) is 0.615. The van der Waals surface area contributed by atoms with E-state index in [0.29, 0.717) is 37.5 Å². The highest BCUT2D eigenvalue weighted by Gasteiger charge is 2.37. The first kappa shape index (κ1) is 14.5. The summed E-state index contributed by atoms with van der Waals surface area (Å²) in [4.78, 5) is 24.9. The second kappa shape index (κ2) is 5.62. The number of anilines is 1. The number of nitrogens with zero attached hydrogens (tertiary/aromatic N) is 2. The number of piperidine rings is 1. The number of aryl methyl sites for hydroxylation is 1. The zero-order chi connectivity index (χ0) is 14.8. The molecule has 7 heteroatoms. The van der Waals surface area contributed by atoms with Crippen LogP contribution in [0.4, 0.5) is 5.88 Å². The lowest BCUT2D eigenvalue weighted by molar-refractivity contribution is -0.150. The molecule has 2 heterocycles. The van der Waals surface area contributed by atoms with Crippen LogP contribution in [0.15, 0.2) is 10.6 Å². The predicted molar refractivity (Wildman–Crippen MR) is 71.3 cm³/mol. The van der Waals surface area contributed by atoms with Crippen molar-refractivity contribution in [2.45, 2.75) is 26.7 Å². The average Bonchev–Trinajstić information content (AvgIpc) is 2.77. The summed E-state index contributed by atoms with van der Waals surface area (Å²) in [6, 6.07) is 1.65. The summed E-state index contributed by atoms with van der Waals surface area (Å²) in [5.41, 5.74) is 0.0326. The first-order chi connectivity index (χ1) is 9.39. The van der Waals surface area contributed by atoms with Crippen molar-refractivity contribution in [3.05, 3.63) is 11.8 Å². The number of hydrogen-bond acceptors (Lipinski definition) is 5. The van der Waals surface area contributed by atoms with Crippen LogP contribution in [0.1, 0.15) is 25.5 Å². The van der Waals surface area contributed by atoms with Crippen LogP contribution in [-0.2, 0) is 9.59 Å². The van der Waals surface area contributed by atoms with E-state index in [1.807, 2.05) is 4.90 Å². The van der Waals surface area contributed by atoms with Crippen molar-refractivity contribution >= 4 is 17.8 Å². The Balaban J connectivity index is 1.80. The molecule has 2 rings (SSSR count). The van der Waals surface area contributed by atoms with Gasteiger partial charge in [0.15, 0.2) is 0 Å². The molecule has 0 atom stereocenters. The lowest BCUT2D eigenvalue weighted by Crippen LogP contribution is -2.45. The Bertz CT molecular complexity index is 503. The van der Waals surface area contributed by atoms with E-state index >= 15 is 0 Å². The molecule has 0 aliphatic carbocycles. The predicted octanol–water partition coefficient (Wildman–Crippen LogP) is 1.11. The van der Waals surface area contributed by atoms with Crippen LogP contribution in [-0.4, -0.2) is 46.7 Å². The van der Waals surface area contributed by atoms with Gasteiger partial charge in [0.2, 0.25) is 11.8 Å². The van der Waals surface area contributed by atoms with Crippen LogP contribution < -0.4 is 5.32 Å². The minimum atomic E-state index is -0.765. The van der Waals surface area contributed by atoms with Gasteiger partial charge >= 0.3 is 5.97 Å². The first-order valence-corrected chi connectivity index (χ1v) is 6.58. The third kappa shape index (κ3) is 3.36. The summed E-state index contributed by atoms with van der Waals surface area (Å²) in [6.45, 7) is 4.97. The average molecular weight is 281 g/mol. The quantitative estimate of drug-likeness (QED) is 0.858. The van der Waals surface area contributed by atoms with Crippen molar-refractivity contribution in [3.8, 4) is 0 Å². The lowest BCUT2D eigenvalue weighted by atomic mass is 9.80. The van der Waals surface area contributed by atoms with Crippen LogP contribution in [0.5, 0.6) is 0 Å². The van der Waals surface area contributed by atoms with E-state index < -0.39 is 11.4 Å². The molecular weight excluding hydrogens is 262 g/mol. The first-order valence-electron chi connectivity index (χ1n) is 6.58. The van der Waals surface area contributed by atoms with Gasteiger partial charge in [-0.15, -0.1) is 0 Å². The maximum absolute atomic E-state index is 11.8. The molecule has 1 saturated heterocycles. The Morgan fingerprint density at radius 1 is 1.50 bits per heavy atom. The number of carboxylic acid groups (broad SMARTS) is 1. The summed E-state index contributed by atoms with van der Waals surface area (Å²) in [7, 11) is 0. The molecule has 0 saturated carbocycles. The third-order valence-corrected chi connectivity index (χ3v) is 3.73.